The van der Waals surface area contributed by atoms with Crippen molar-refractivity contribution in [3.8, 4) is 0 Å². The number of hydrogen-bond donors (Lipinski definition) is 1. The van der Waals surface area contributed by atoms with E-state index in [1.54, 1.807) is 0 Å². The fourth-order valence-electron chi connectivity index (χ4n) is 3.37. The zero-order chi connectivity index (χ0) is 13.6. The van der Waals surface area contributed by atoms with Crippen molar-refractivity contribution in [1.29, 1.82) is 0 Å². The van der Waals surface area contributed by atoms with Crippen LogP contribution in [0.4, 0.5) is 0 Å². The molecule has 0 aliphatic heterocycles. The van der Waals surface area contributed by atoms with Crippen LogP contribution in [0.1, 0.15) is 35.5 Å². The van der Waals surface area contributed by atoms with Crippen LogP contribution in [-0.2, 0) is 17.7 Å². The molecule has 2 rings (SSSR count). The molecule has 0 amide bonds. The van der Waals surface area contributed by atoms with E-state index in [-0.39, 0.29) is 30.4 Å². The molecule has 1 N–H and O–H groups in total. The van der Waals surface area contributed by atoms with Crippen molar-refractivity contribution in [2.75, 3.05) is 0 Å². The van der Waals surface area contributed by atoms with E-state index in [2.05, 4.69) is 76.6 Å². The second-order valence-electron chi connectivity index (χ2n) is 7.65. The Kier molecular flexibility index (Phi) is 6.57. The topological polar surface area (TPSA) is 12.0 Å². The van der Waals surface area contributed by atoms with Gasteiger partial charge in [0.05, 0.1) is 0 Å². The van der Waals surface area contributed by atoms with Crippen LogP contribution in [0, 0.1) is 0 Å². The molecule has 114 valence electrons. The molecule has 20 heavy (non-hydrogen) atoms. The first-order valence-electron chi connectivity index (χ1n) is 6.71. The summed E-state index contributed by atoms with van der Waals surface area (Å²) in [5, 5.41) is 0. The fraction of sp³-hybridized carbons (Fsp3) is 0.467. The molecule has 1 nitrogen and oxygen atoms in total. The quantitative estimate of drug-likeness (QED) is 0.718. The Hall–Kier alpha value is 0.600. The maximum Gasteiger partial charge on any atom is -0.147 e. The van der Waals surface area contributed by atoms with Crippen LogP contribution in [-0.4, -0.2) is 12.4 Å². The standard InChI is InChI=1S/C9H7.C4H10N.2CH3.2ClH.H2Si.Zr/c1-2-5-9-7-3-6-8(9)4-1;1-4(2,3)5;;;;;;/h1-7H;5H,1-3H3;2*1H3;2*1H;1H2;/q;-1;;;;;;+1. The van der Waals surface area contributed by atoms with E-state index in [4.69, 9.17) is 0 Å². The first-order chi connectivity index (χ1) is 8.07. The summed E-state index contributed by atoms with van der Waals surface area (Å²) < 4.78 is 9.71. The molecule has 0 spiro atoms. The van der Waals surface area contributed by atoms with Crippen molar-refractivity contribution >= 4 is 37.8 Å². The van der Waals surface area contributed by atoms with Gasteiger partial charge in [0.1, 0.15) is 0 Å². The predicted molar refractivity (Wildman–Crippen MR) is 95.9 cm³/mol. The van der Waals surface area contributed by atoms with Crippen LogP contribution in [0.2, 0.25) is 9.26 Å². The maximum absolute atomic E-state index is 4.03. The molecule has 0 bridgehead atoms. The Morgan fingerprint density at radius 3 is 2.20 bits per heavy atom. The van der Waals surface area contributed by atoms with E-state index in [0.29, 0.717) is 3.63 Å². The first-order valence-corrected chi connectivity index (χ1v) is 20.2. The minimum Gasteiger partial charge on any atom is -0.147 e. The summed E-state index contributed by atoms with van der Waals surface area (Å²) in [6.45, 7) is 9.12. The number of halogens is 2. The summed E-state index contributed by atoms with van der Waals surface area (Å²) in [6, 6.07) is 8.84. The zero-order valence-electron chi connectivity index (χ0n) is 13.1. The van der Waals surface area contributed by atoms with Crippen molar-refractivity contribution in [3.05, 3.63) is 41.5 Å². The minimum absolute atomic E-state index is 0. The van der Waals surface area contributed by atoms with Crippen LogP contribution in [0.5, 0.6) is 0 Å². The van der Waals surface area contributed by atoms with Gasteiger partial charge in [-0.15, -0.1) is 24.8 Å². The summed E-state index contributed by atoms with van der Waals surface area (Å²) in [5.41, 5.74) is 3.14. The average molecular weight is 412 g/mol. The second-order valence-corrected chi connectivity index (χ2v) is 36.5. The van der Waals surface area contributed by atoms with Crippen molar-refractivity contribution in [2.24, 2.45) is 0 Å². The fourth-order valence-corrected chi connectivity index (χ4v) is 19.9. The van der Waals surface area contributed by atoms with Crippen molar-refractivity contribution in [3.63, 3.8) is 0 Å². The molecular weight excluding hydrogens is 384 g/mol. The van der Waals surface area contributed by atoms with Crippen molar-refractivity contribution < 1.29 is 17.7 Å². The molecule has 0 fully saturated rings. The van der Waals surface area contributed by atoms with Gasteiger partial charge < -0.3 is 0 Å². The predicted octanol–water partition coefficient (Wildman–Crippen LogP) is 4.24. The average Bonchev–Trinajstić information content (AvgIpc) is 2.56. The van der Waals surface area contributed by atoms with Crippen molar-refractivity contribution in [2.45, 2.75) is 39.2 Å². The molecule has 1 aromatic carbocycles. The number of hydrogen-bond acceptors (Lipinski definition) is 1. The van der Waals surface area contributed by atoms with Gasteiger partial charge in [0, 0.05) is 0 Å². The molecule has 5 heteroatoms. The van der Waals surface area contributed by atoms with Crippen LogP contribution in [0.15, 0.2) is 30.3 Å². The molecule has 1 unspecified atom stereocenters. The maximum atomic E-state index is 4.03. The zero-order valence-corrected chi connectivity index (χ0v) is 18.6. The Morgan fingerprint density at radius 2 is 1.65 bits per heavy atom. The Morgan fingerprint density at radius 1 is 1.10 bits per heavy atom. The summed E-state index contributed by atoms with van der Waals surface area (Å²) in [5.74, 6) is 0. The monoisotopic (exact) mass is 409 g/mol. The number of fused-ring (bicyclic) bond motifs is 1. The molecule has 0 saturated heterocycles. The van der Waals surface area contributed by atoms with E-state index in [1.807, 2.05) is 0 Å². The van der Waals surface area contributed by atoms with E-state index >= 15 is 0 Å². The summed E-state index contributed by atoms with van der Waals surface area (Å²) in [7, 11) is 0. The molecular formula is C15H27Cl2NSiZr. The number of benzene rings is 1. The summed E-state index contributed by atoms with van der Waals surface area (Å²) in [6.07, 6.45) is 4.74. The van der Waals surface area contributed by atoms with Gasteiger partial charge in [-0.1, -0.05) is 0 Å². The van der Waals surface area contributed by atoms with E-state index in [0.717, 1.165) is 0 Å². The largest absolute Gasteiger partial charge is 0.147 e. The second kappa shape index (κ2) is 6.38. The smallest absolute Gasteiger partial charge is 0.147 e. The Bertz CT molecular complexity index is 569. The van der Waals surface area contributed by atoms with Gasteiger partial charge in [-0.05, 0) is 0 Å². The summed E-state index contributed by atoms with van der Waals surface area (Å²) >= 11 is -2.92. The number of rotatable bonds is 2. The Balaban J connectivity index is 0.00000180. The third-order valence-electron chi connectivity index (χ3n) is 3.58. The molecule has 0 radical (unpaired) electrons. The molecule has 0 aromatic heterocycles. The van der Waals surface area contributed by atoms with Crippen LogP contribution < -0.4 is 3.26 Å². The third kappa shape index (κ3) is 4.55. The number of allylic oxidation sites excluding steroid dienone is 1. The van der Waals surface area contributed by atoms with Gasteiger partial charge >= 0.3 is 115 Å². The van der Waals surface area contributed by atoms with Gasteiger partial charge in [0.25, 0.3) is 0 Å². The first kappa shape index (κ1) is 20.6. The van der Waals surface area contributed by atoms with E-state index in [9.17, 15) is 0 Å². The van der Waals surface area contributed by atoms with Gasteiger partial charge in [0.2, 0.25) is 0 Å². The van der Waals surface area contributed by atoms with Crippen LogP contribution in [0.3, 0.4) is 0 Å². The van der Waals surface area contributed by atoms with Gasteiger partial charge in [-0.3, -0.25) is 0 Å². The SMILES string of the molecule is CC(C)(C)[NH][Zr]([CH3])([CH3])(=[SiH2])[CH]1C=Cc2ccccc21.Cl.Cl. The van der Waals surface area contributed by atoms with Gasteiger partial charge in [-0.25, -0.2) is 0 Å². The molecule has 1 aliphatic rings. The van der Waals surface area contributed by atoms with Gasteiger partial charge in [-0.2, -0.15) is 0 Å². The normalized spacial score (nSPS) is 18.0. The van der Waals surface area contributed by atoms with E-state index in [1.165, 1.54) is 11.1 Å². The molecule has 1 atom stereocenters. The summed E-state index contributed by atoms with van der Waals surface area (Å²) in [4.78, 5) is 0. The van der Waals surface area contributed by atoms with Crippen LogP contribution in [0.25, 0.3) is 6.08 Å². The molecule has 1 aliphatic carbocycles. The van der Waals surface area contributed by atoms with Gasteiger partial charge in [0.15, 0.2) is 0 Å². The third-order valence-corrected chi connectivity index (χ3v) is 17.2. The number of nitrogens with one attached hydrogen (secondary N) is 1. The molecule has 0 saturated carbocycles. The van der Waals surface area contributed by atoms with Crippen LogP contribution >= 0.6 is 24.8 Å². The van der Waals surface area contributed by atoms with E-state index < -0.39 is 17.7 Å². The minimum atomic E-state index is -2.92. The Labute approximate surface area is 138 Å². The molecule has 0 heterocycles. The molecule has 1 aromatic rings. The van der Waals surface area contributed by atoms with Crippen molar-refractivity contribution in [1.82, 2.24) is 3.26 Å².